The van der Waals surface area contributed by atoms with Gasteiger partial charge in [-0.25, -0.2) is 4.68 Å². The molecule has 4 heterocycles. The normalized spacial score (nSPS) is 12.1. The van der Waals surface area contributed by atoms with Crippen LogP contribution in [0.4, 0.5) is 0 Å². The topological polar surface area (TPSA) is 78.0 Å². The highest BCUT2D eigenvalue weighted by Crippen LogP contribution is 2.28. The molecule has 7 nitrogen and oxygen atoms in total. The molecule has 0 saturated carbocycles. The second-order valence-corrected chi connectivity index (χ2v) is 9.57. The number of benzene rings is 3. The van der Waals surface area contributed by atoms with Crippen LogP contribution in [-0.4, -0.2) is 29.4 Å². The van der Waals surface area contributed by atoms with Crippen LogP contribution in [0.2, 0.25) is 0 Å². The zero-order chi connectivity index (χ0) is 24.8. The highest BCUT2D eigenvalue weighted by molar-refractivity contribution is 7.15. The van der Waals surface area contributed by atoms with Crippen LogP contribution in [0.3, 0.4) is 0 Å². The van der Waals surface area contributed by atoms with Crippen molar-refractivity contribution in [3.63, 3.8) is 0 Å². The van der Waals surface area contributed by atoms with E-state index >= 15 is 0 Å². The Morgan fingerprint density at radius 2 is 1.65 bits per heavy atom. The first-order chi connectivity index (χ1) is 18.2. The molecule has 7 rings (SSSR count). The van der Waals surface area contributed by atoms with E-state index in [-0.39, 0.29) is 5.56 Å². The van der Waals surface area contributed by atoms with Crippen molar-refractivity contribution >= 4 is 33.1 Å². The number of para-hydroxylation sites is 1. The summed E-state index contributed by atoms with van der Waals surface area (Å²) in [7, 11) is 0. The van der Waals surface area contributed by atoms with Gasteiger partial charge in [0.25, 0.3) is 5.56 Å². The van der Waals surface area contributed by atoms with E-state index < -0.39 is 0 Å². The van der Waals surface area contributed by atoms with Crippen LogP contribution in [0.15, 0.2) is 108 Å². The van der Waals surface area contributed by atoms with E-state index in [4.69, 9.17) is 5.10 Å². The van der Waals surface area contributed by atoms with E-state index in [1.165, 1.54) is 15.9 Å². The Hall–Kier alpha value is -4.95. The van der Waals surface area contributed by atoms with E-state index in [1.807, 2.05) is 71.6 Å². The fourth-order valence-corrected chi connectivity index (χ4v) is 5.26. The summed E-state index contributed by atoms with van der Waals surface area (Å²) >= 11 is 1.31. The molecule has 0 aliphatic carbocycles. The lowest BCUT2D eigenvalue weighted by Gasteiger charge is -2.03. The lowest BCUT2D eigenvalue weighted by Crippen LogP contribution is -2.23. The summed E-state index contributed by atoms with van der Waals surface area (Å²) in [5.41, 5.74) is 4.11. The van der Waals surface area contributed by atoms with E-state index in [2.05, 4.69) is 45.4 Å². The van der Waals surface area contributed by atoms with Crippen LogP contribution >= 0.6 is 11.3 Å². The van der Waals surface area contributed by atoms with Crippen molar-refractivity contribution < 1.29 is 0 Å². The molecule has 7 aromatic rings. The Kier molecular flexibility index (Phi) is 4.97. The van der Waals surface area contributed by atoms with Crippen LogP contribution in [0.25, 0.3) is 50.1 Å². The number of aromatic nitrogens is 6. The first-order valence-electron chi connectivity index (χ1n) is 11.7. The minimum atomic E-state index is -0.209. The molecule has 0 fully saturated rings. The lowest BCUT2D eigenvalue weighted by molar-refractivity contribution is 0.884. The van der Waals surface area contributed by atoms with Crippen molar-refractivity contribution in [3.05, 3.63) is 124 Å². The number of thiazole rings is 1. The lowest BCUT2D eigenvalue weighted by atomic mass is 10.0. The molecule has 4 aromatic heterocycles. The van der Waals surface area contributed by atoms with E-state index in [0.29, 0.717) is 15.3 Å². The maximum Gasteiger partial charge on any atom is 0.291 e. The standard InChI is InChI=1S/C29H18N6OS/c36-28-25(37-29-31-27(33-35(28)29)22-9-6-14-30-17-22)16-23-18-34(24-10-2-1-3-11-24)32-26(23)21-13-12-19-7-4-5-8-20(19)15-21/h1-18H. The fourth-order valence-electron chi connectivity index (χ4n) is 4.36. The molecule has 3 aromatic carbocycles. The largest absolute Gasteiger partial charge is 0.291 e. The average Bonchev–Trinajstić information content (AvgIpc) is 3.64. The van der Waals surface area contributed by atoms with Gasteiger partial charge in [-0.05, 0) is 47.2 Å². The first-order valence-corrected chi connectivity index (χ1v) is 12.5. The smallest absolute Gasteiger partial charge is 0.266 e. The van der Waals surface area contributed by atoms with Gasteiger partial charge in [-0.15, -0.1) is 5.10 Å². The van der Waals surface area contributed by atoms with Gasteiger partial charge < -0.3 is 0 Å². The van der Waals surface area contributed by atoms with E-state index in [0.717, 1.165) is 38.8 Å². The molecule has 37 heavy (non-hydrogen) atoms. The summed E-state index contributed by atoms with van der Waals surface area (Å²) in [5, 5.41) is 11.7. The van der Waals surface area contributed by atoms with Crippen LogP contribution in [0, 0.1) is 0 Å². The number of rotatable bonds is 4. The van der Waals surface area contributed by atoms with Crippen molar-refractivity contribution in [1.29, 1.82) is 0 Å². The SMILES string of the molecule is O=c1c(=Cc2cn(-c3ccccc3)nc2-c2ccc3ccccc3c2)sc2nc(-c3cccnc3)nn12. The number of hydrogen-bond donors (Lipinski definition) is 0. The van der Waals surface area contributed by atoms with Crippen LogP contribution in [0.5, 0.6) is 0 Å². The van der Waals surface area contributed by atoms with E-state index in [1.54, 1.807) is 12.4 Å². The molecule has 8 heteroatoms. The van der Waals surface area contributed by atoms with Gasteiger partial charge in [-0.1, -0.05) is 65.9 Å². The average molecular weight is 499 g/mol. The minimum Gasteiger partial charge on any atom is -0.266 e. The molecule has 176 valence electrons. The van der Waals surface area contributed by atoms with Gasteiger partial charge in [0.1, 0.15) is 5.69 Å². The summed E-state index contributed by atoms with van der Waals surface area (Å²) in [4.78, 5) is 22.5. The predicted molar refractivity (Wildman–Crippen MR) is 146 cm³/mol. The second kappa shape index (κ2) is 8.61. The van der Waals surface area contributed by atoms with Gasteiger partial charge in [0, 0.05) is 35.3 Å². The van der Waals surface area contributed by atoms with Gasteiger partial charge in [-0.2, -0.15) is 14.6 Å². The molecule has 0 unspecified atom stereocenters. The summed E-state index contributed by atoms with van der Waals surface area (Å²) in [5.74, 6) is 0.483. The number of fused-ring (bicyclic) bond motifs is 2. The monoisotopic (exact) mass is 498 g/mol. The Bertz CT molecular complexity index is 2010. The van der Waals surface area contributed by atoms with Crippen LogP contribution < -0.4 is 10.1 Å². The highest BCUT2D eigenvalue weighted by Gasteiger charge is 2.15. The van der Waals surface area contributed by atoms with Crippen LogP contribution in [0.1, 0.15) is 5.56 Å². The molecule has 0 amide bonds. The number of pyridine rings is 1. The summed E-state index contributed by atoms with van der Waals surface area (Å²) in [6.45, 7) is 0. The Balaban J connectivity index is 1.39. The van der Waals surface area contributed by atoms with Crippen molar-refractivity contribution in [2.45, 2.75) is 0 Å². The van der Waals surface area contributed by atoms with Gasteiger partial charge in [0.15, 0.2) is 5.82 Å². The molecule has 0 bridgehead atoms. The molecule has 0 spiro atoms. The molecule has 0 radical (unpaired) electrons. The zero-order valence-corrected chi connectivity index (χ0v) is 20.2. The molecule has 0 saturated heterocycles. The van der Waals surface area contributed by atoms with Crippen molar-refractivity contribution in [1.82, 2.24) is 29.4 Å². The van der Waals surface area contributed by atoms with Crippen LogP contribution in [-0.2, 0) is 0 Å². The quantitative estimate of drug-likeness (QED) is 0.350. The minimum absolute atomic E-state index is 0.209. The van der Waals surface area contributed by atoms with Gasteiger partial charge >= 0.3 is 0 Å². The summed E-state index contributed by atoms with van der Waals surface area (Å²) in [6.07, 6.45) is 7.21. The third-order valence-corrected chi connectivity index (χ3v) is 7.13. The second-order valence-electron chi connectivity index (χ2n) is 8.56. The Labute approximate surface area is 214 Å². The van der Waals surface area contributed by atoms with Crippen molar-refractivity contribution in [3.8, 4) is 28.3 Å². The molecule has 0 aliphatic rings. The number of hydrogen-bond acceptors (Lipinski definition) is 6. The van der Waals surface area contributed by atoms with Gasteiger partial charge in [0.2, 0.25) is 4.96 Å². The Morgan fingerprint density at radius 1 is 0.811 bits per heavy atom. The third kappa shape index (κ3) is 3.80. The molecular weight excluding hydrogens is 480 g/mol. The van der Waals surface area contributed by atoms with E-state index in [9.17, 15) is 4.79 Å². The molecule has 0 atom stereocenters. The van der Waals surface area contributed by atoms with Gasteiger partial charge in [0.05, 0.1) is 10.2 Å². The van der Waals surface area contributed by atoms with Gasteiger partial charge in [-0.3, -0.25) is 9.78 Å². The third-order valence-electron chi connectivity index (χ3n) is 6.17. The highest BCUT2D eigenvalue weighted by atomic mass is 32.1. The van der Waals surface area contributed by atoms with Crippen molar-refractivity contribution in [2.24, 2.45) is 0 Å². The Morgan fingerprint density at radius 3 is 2.46 bits per heavy atom. The molecular formula is C29H18N6OS. The zero-order valence-electron chi connectivity index (χ0n) is 19.4. The fraction of sp³-hybridized carbons (Fsp3) is 0. The molecule has 0 N–H and O–H groups in total. The summed E-state index contributed by atoms with van der Waals surface area (Å²) < 4.78 is 3.75. The maximum absolute atomic E-state index is 13.3. The number of nitrogens with zero attached hydrogens (tertiary/aromatic N) is 6. The maximum atomic E-state index is 13.3. The molecule has 0 aliphatic heterocycles. The summed E-state index contributed by atoms with van der Waals surface area (Å²) in [6, 6.07) is 28.2. The van der Waals surface area contributed by atoms with Crippen molar-refractivity contribution in [2.75, 3.05) is 0 Å². The predicted octanol–water partition coefficient (Wildman–Crippen LogP) is 4.77. The first kappa shape index (κ1) is 21.3.